The number of aryl methyl sites for hydroxylation is 1. The SMILES string of the molecule is COc1ccc(C(N)=O)c(-c2c(Cl)c(F)cc3c2C(C)C(CNC2CCN(C(=O)C4CCC(OC5CCN(c6ccc7c(N8CCC(=O)NC8=O)nn(C)c7c6)CC5)CC4)CC2)(c2ccccc2)O3)c1F. The van der Waals surface area contributed by atoms with Crippen molar-refractivity contribution in [2.75, 3.05) is 56.2 Å². The largest absolute Gasteiger partial charge is 0.494 e. The number of hydrogen-bond acceptors (Lipinski definition) is 10. The van der Waals surface area contributed by atoms with E-state index in [1.54, 1.807) is 4.68 Å². The molecular formula is C53H59ClF2N8O7. The highest BCUT2D eigenvalue weighted by Crippen LogP contribution is 2.56. The maximum atomic E-state index is 16.2. The van der Waals surface area contributed by atoms with Gasteiger partial charge in [0.05, 0.1) is 35.4 Å². The molecule has 374 valence electrons. The van der Waals surface area contributed by atoms with Crippen LogP contribution >= 0.6 is 11.6 Å². The van der Waals surface area contributed by atoms with Gasteiger partial charge in [-0.15, -0.1) is 0 Å². The van der Waals surface area contributed by atoms with Crippen molar-refractivity contribution < 1.29 is 42.2 Å². The molecule has 18 heteroatoms. The van der Waals surface area contributed by atoms with E-state index in [9.17, 15) is 19.2 Å². The average Bonchev–Trinajstić information content (AvgIpc) is 3.86. The Morgan fingerprint density at radius 3 is 2.32 bits per heavy atom. The number of hydrogen-bond donors (Lipinski definition) is 3. The zero-order chi connectivity index (χ0) is 49.7. The van der Waals surface area contributed by atoms with Crippen molar-refractivity contribution in [2.24, 2.45) is 18.7 Å². The number of ether oxygens (including phenoxy) is 3. The average molecular weight is 994 g/mol. The molecule has 0 bridgehead atoms. The summed E-state index contributed by atoms with van der Waals surface area (Å²) in [5.41, 5.74) is 7.51. The number of fused-ring (bicyclic) bond motifs is 2. The number of anilines is 2. The number of piperidine rings is 2. The molecule has 4 aliphatic heterocycles. The summed E-state index contributed by atoms with van der Waals surface area (Å²) in [4.78, 5) is 56.8. The van der Waals surface area contributed by atoms with Crippen LogP contribution in [0.1, 0.15) is 92.1 Å². The Hall–Kier alpha value is -6.30. The number of urea groups is 1. The summed E-state index contributed by atoms with van der Waals surface area (Å²) in [6.45, 7) is 5.46. The second kappa shape index (κ2) is 19.7. The third-order valence-corrected chi connectivity index (χ3v) is 15.9. The first-order valence-electron chi connectivity index (χ1n) is 24.7. The van der Waals surface area contributed by atoms with Crippen molar-refractivity contribution in [3.8, 4) is 22.6 Å². The molecule has 4 N–H and O–H groups in total. The zero-order valence-electron chi connectivity index (χ0n) is 40.1. The fourth-order valence-corrected chi connectivity index (χ4v) is 11.8. The Kier molecular flexibility index (Phi) is 13.4. The fourth-order valence-electron chi connectivity index (χ4n) is 11.6. The van der Waals surface area contributed by atoms with E-state index in [2.05, 4.69) is 32.8 Å². The molecule has 15 nitrogen and oxygen atoms in total. The molecule has 1 saturated carbocycles. The van der Waals surface area contributed by atoms with E-state index in [1.807, 2.05) is 55.3 Å². The first kappa shape index (κ1) is 48.3. The van der Waals surface area contributed by atoms with Crippen LogP contribution in [0.15, 0.2) is 66.7 Å². The van der Waals surface area contributed by atoms with Crippen molar-refractivity contribution in [2.45, 2.75) is 94.5 Å². The van der Waals surface area contributed by atoms with E-state index in [1.165, 1.54) is 30.2 Å². The maximum Gasteiger partial charge on any atom is 0.329 e. The third-order valence-electron chi connectivity index (χ3n) is 15.6. The molecule has 0 spiro atoms. The van der Waals surface area contributed by atoms with Crippen LogP contribution in [0, 0.1) is 17.6 Å². The second-order valence-electron chi connectivity index (χ2n) is 19.6. The highest BCUT2D eigenvalue weighted by Gasteiger charge is 2.50. The molecule has 3 saturated heterocycles. The van der Waals surface area contributed by atoms with Gasteiger partial charge >= 0.3 is 6.03 Å². The molecule has 71 heavy (non-hydrogen) atoms. The van der Waals surface area contributed by atoms with E-state index < -0.39 is 35.1 Å². The summed E-state index contributed by atoms with van der Waals surface area (Å²) in [7, 11) is 3.16. The zero-order valence-corrected chi connectivity index (χ0v) is 40.9. The lowest BCUT2D eigenvalue weighted by Crippen LogP contribution is -2.51. The molecular weight excluding hydrogens is 934 g/mol. The quantitative estimate of drug-likeness (QED) is 0.111. The van der Waals surface area contributed by atoms with Gasteiger partial charge in [0.25, 0.3) is 0 Å². The number of rotatable bonds is 12. The van der Waals surface area contributed by atoms with Crippen molar-refractivity contribution in [3.05, 3.63) is 100 Å². The Bertz CT molecular complexity index is 2880. The number of likely N-dealkylation sites (tertiary alicyclic amines) is 1. The van der Waals surface area contributed by atoms with E-state index in [-0.39, 0.29) is 75.6 Å². The number of carbonyl (C=O) groups is 4. The number of imide groups is 1. The number of carbonyl (C=O) groups excluding carboxylic acids is 4. The summed E-state index contributed by atoms with van der Waals surface area (Å²) < 4.78 is 52.5. The van der Waals surface area contributed by atoms with Crippen molar-refractivity contribution in [1.82, 2.24) is 25.3 Å². The van der Waals surface area contributed by atoms with Gasteiger partial charge in [0, 0.05) is 104 Å². The highest BCUT2D eigenvalue weighted by atomic mass is 35.5. The van der Waals surface area contributed by atoms with Gasteiger partial charge in [0.2, 0.25) is 17.7 Å². The van der Waals surface area contributed by atoms with Crippen LogP contribution in [0.25, 0.3) is 22.0 Å². The lowest BCUT2D eigenvalue weighted by molar-refractivity contribution is -0.139. The first-order valence-corrected chi connectivity index (χ1v) is 25.1. The maximum absolute atomic E-state index is 16.2. The van der Waals surface area contributed by atoms with Crippen LogP contribution < -0.4 is 35.6 Å². The van der Waals surface area contributed by atoms with Gasteiger partial charge in [-0.3, -0.25) is 29.3 Å². The molecule has 5 aromatic rings. The van der Waals surface area contributed by atoms with Gasteiger partial charge in [-0.25, -0.2) is 13.6 Å². The Morgan fingerprint density at radius 1 is 0.915 bits per heavy atom. The number of benzene rings is 4. The van der Waals surface area contributed by atoms with E-state index in [0.717, 1.165) is 86.6 Å². The number of primary amides is 1. The minimum absolute atomic E-state index is 0.00778. The summed E-state index contributed by atoms with van der Waals surface area (Å²) in [5, 5.41) is 11.2. The van der Waals surface area contributed by atoms with Crippen LogP contribution in [-0.2, 0) is 27.0 Å². The van der Waals surface area contributed by atoms with Gasteiger partial charge in [0.1, 0.15) is 11.6 Å². The predicted octanol–water partition coefficient (Wildman–Crippen LogP) is 7.94. The van der Waals surface area contributed by atoms with Crippen LogP contribution in [-0.4, -0.2) is 103 Å². The Morgan fingerprint density at radius 2 is 1.63 bits per heavy atom. The van der Waals surface area contributed by atoms with Gasteiger partial charge in [-0.2, -0.15) is 5.10 Å². The number of methoxy groups -OCH3 is 1. The Balaban J connectivity index is 0.726. The monoisotopic (exact) mass is 992 g/mol. The number of nitrogens with two attached hydrogens (primary N) is 1. The van der Waals surface area contributed by atoms with Crippen molar-refractivity contribution in [3.63, 3.8) is 0 Å². The topological polar surface area (TPSA) is 174 Å². The minimum Gasteiger partial charge on any atom is -0.494 e. The minimum atomic E-state index is -1.08. The van der Waals surface area contributed by atoms with Crippen LogP contribution in [0.5, 0.6) is 11.5 Å². The van der Waals surface area contributed by atoms with E-state index in [0.29, 0.717) is 37.6 Å². The molecule has 2 unspecified atom stereocenters. The molecule has 4 aromatic carbocycles. The number of nitrogens with one attached hydrogen (secondary N) is 2. The van der Waals surface area contributed by atoms with Crippen molar-refractivity contribution >= 4 is 57.8 Å². The van der Waals surface area contributed by atoms with Gasteiger partial charge < -0.3 is 35.1 Å². The van der Waals surface area contributed by atoms with E-state index >= 15 is 8.78 Å². The first-order chi connectivity index (χ1) is 34.2. The molecule has 4 fully saturated rings. The summed E-state index contributed by atoms with van der Waals surface area (Å²) in [6.07, 6.45) is 7.08. The number of halogens is 3. The molecule has 0 radical (unpaired) electrons. The van der Waals surface area contributed by atoms with E-state index in [4.69, 9.17) is 31.5 Å². The summed E-state index contributed by atoms with van der Waals surface area (Å²) in [5.74, 6) is -2.67. The molecule has 5 aliphatic rings. The number of nitrogens with zero attached hydrogens (tertiary/aromatic N) is 5. The predicted molar refractivity (Wildman–Crippen MR) is 265 cm³/mol. The fraction of sp³-hybridized carbons (Fsp3) is 0.453. The normalized spacial score (nSPS) is 23.2. The molecule has 10 rings (SSSR count). The van der Waals surface area contributed by atoms with Gasteiger partial charge in [-0.1, -0.05) is 48.9 Å². The van der Waals surface area contributed by atoms with Crippen LogP contribution in [0.4, 0.5) is 25.1 Å². The molecule has 1 aliphatic carbocycles. The summed E-state index contributed by atoms with van der Waals surface area (Å²) >= 11 is 6.70. The highest BCUT2D eigenvalue weighted by molar-refractivity contribution is 6.34. The van der Waals surface area contributed by atoms with Gasteiger partial charge in [-0.05, 0) is 87.3 Å². The molecule has 5 amide bonds. The molecule has 1 aromatic heterocycles. The molecule has 2 atom stereocenters. The van der Waals surface area contributed by atoms with Gasteiger partial charge in [0.15, 0.2) is 23.0 Å². The standard InChI is InChI=1S/C53H59ClF2N8O7/c1-30-44-42(28-39(55)47(54)46(44)45-38(49(57)66)15-16-41(69-3)48(45)56)71-53(30,32-7-5-4-6-8-32)29-58-33-17-22-63(23-18-33)51(67)31-9-12-35(13-10-31)70-36-19-24-62(25-20-36)34-11-14-37-40(27-34)61(2)60-50(37)64-26-21-43(65)59-52(64)68/h4-8,11,14-16,27-28,30-31,33,35-36,58H,9-10,12-13,17-26,29H2,1-3H3,(H2,57,66)(H,59,65,68). The second-order valence-corrected chi connectivity index (χ2v) is 20.0. The summed E-state index contributed by atoms with van der Waals surface area (Å²) in [6, 6.07) is 19.2. The molecule has 5 heterocycles. The third kappa shape index (κ3) is 9.05. The van der Waals surface area contributed by atoms with Crippen molar-refractivity contribution in [1.29, 1.82) is 0 Å². The van der Waals surface area contributed by atoms with Crippen LogP contribution in [0.2, 0.25) is 5.02 Å². The lowest BCUT2D eigenvalue weighted by atomic mass is 9.77. The van der Waals surface area contributed by atoms with Crippen LogP contribution in [0.3, 0.4) is 0 Å². The Labute approximate surface area is 415 Å². The number of amides is 5. The smallest absolute Gasteiger partial charge is 0.329 e. The number of aromatic nitrogens is 2. The lowest BCUT2D eigenvalue weighted by Gasteiger charge is -2.40.